The molecule has 228 valence electrons. The molecule has 0 bridgehead atoms. The molecule has 1 aliphatic carbocycles. The Bertz CT molecular complexity index is 1760. The third kappa shape index (κ3) is 4.68. The molecular weight excluding hydrogens is 585 g/mol. The first-order chi connectivity index (χ1) is 21.3. The maximum Gasteiger partial charge on any atom is 0.337 e. The molecule has 1 saturated carbocycles. The molecule has 5 atom stereocenters. The summed E-state index contributed by atoms with van der Waals surface area (Å²) >= 11 is 6.04. The third-order valence-electron chi connectivity index (χ3n) is 9.78. The van der Waals surface area contributed by atoms with Crippen LogP contribution in [0.15, 0.2) is 60.7 Å². The normalized spacial score (nSPS) is 29.0. The summed E-state index contributed by atoms with van der Waals surface area (Å²) in [6.07, 6.45) is 0.945. The highest BCUT2D eigenvalue weighted by atomic mass is 35.5. The lowest BCUT2D eigenvalue weighted by molar-refractivity contribution is -0.236. The number of likely N-dealkylation sites (tertiary alicyclic amines) is 1. The zero-order valence-corrected chi connectivity index (χ0v) is 25.3. The van der Waals surface area contributed by atoms with E-state index in [4.69, 9.17) is 35.5 Å². The second kappa shape index (κ2) is 10.5. The van der Waals surface area contributed by atoms with E-state index in [0.717, 1.165) is 54.3 Å². The Hall–Kier alpha value is -3.50. The van der Waals surface area contributed by atoms with Crippen molar-refractivity contribution in [2.45, 2.75) is 44.4 Å². The average molecular weight is 618 g/mol. The second-order valence-corrected chi connectivity index (χ2v) is 12.9. The van der Waals surface area contributed by atoms with Gasteiger partial charge in [0.2, 0.25) is 5.79 Å². The van der Waals surface area contributed by atoms with Crippen molar-refractivity contribution in [3.05, 3.63) is 94.0 Å². The van der Waals surface area contributed by atoms with E-state index < -0.39 is 11.6 Å². The molecule has 0 amide bonds. The highest BCUT2D eigenvalue weighted by Crippen LogP contribution is 2.62. The Balaban J connectivity index is 1.03. The van der Waals surface area contributed by atoms with Gasteiger partial charge in [-0.1, -0.05) is 29.8 Å². The molecule has 4 aliphatic rings. The second-order valence-electron chi connectivity index (χ2n) is 12.5. The largest absolute Gasteiger partial charge is 0.465 e. The van der Waals surface area contributed by atoms with Crippen molar-refractivity contribution in [1.82, 2.24) is 14.5 Å². The van der Waals surface area contributed by atoms with Gasteiger partial charge in [0.25, 0.3) is 0 Å². The topological polar surface area (TPSA) is 75.0 Å². The number of hydrogen-bond donors (Lipinski definition) is 0. The molecule has 4 unspecified atom stereocenters. The fourth-order valence-corrected chi connectivity index (χ4v) is 7.58. The minimum absolute atomic E-state index is 0.148. The van der Waals surface area contributed by atoms with Gasteiger partial charge in [-0.25, -0.2) is 14.2 Å². The van der Waals surface area contributed by atoms with Gasteiger partial charge >= 0.3 is 5.97 Å². The number of piperidine rings is 1. The highest BCUT2D eigenvalue weighted by molar-refractivity contribution is 6.30. The Morgan fingerprint density at radius 2 is 1.93 bits per heavy atom. The number of esters is 1. The number of methoxy groups -OCH3 is 1. The Labute approximate surface area is 259 Å². The van der Waals surface area contributed by atoms with E-state index in [0.29, 0.717) is 47.0 Å². The number of imidazole rings is 1. The molecule has 3 aliphatic heterocycles. The number of ether oxygens (including phenoxy) is 4. The monoisotopic (exact) mass is 617 g/mol. The fraction of sp³-hybridized carbons (Fsp3) is 0.412. The minimum Gasteiger partial charge on any atom is -0.465 e. The van der Waals surface area contributed by atoms with E-state index in [2.05, 4.69) is 15.5 Å². The molecule has 3 fully saturated rings. The van der Waals surface area contributed by atoms with E-state index in [1.54, 1.807) is 25.1 Å². The van der Waals surface area contributed by atoms with Crippen LogP contribution in [0.2, 0.25) is 5.02 Å². The molecule has 1 aromatic heterocycles. The van der Waals surface area contributed by atoms with E-state index in [9.17, 15) is 4.79 Å². The Morgan fingerprint density at radius 3 is 2.66 bits per heavy atom. The van der Waals surface area contributed by atoms with Crippen molar-refractivity contribution in [3.63, 3.8) is 0 Å². The zero-order valence-electron chi connectivity index (χ0n) is 24.5. The first-order valence-electron chi connectivity index (χ1n) is 15.1. The van der Waals surface area contributed by atoms with Crippen LogP contribution in [0, 0.1) is 23.6 Å². The van der Waals surface area contributed by atoms with Crippen LogP contribution in [-0.4, -0.2) is 53.3 Å². The zero-order chi connectivity index (χ0) is 30.2. The predicted octanol–water partition coefficient (Wildman–Crippen LogP) is 6.11. The van der Waals surface area contributed by atoms with E-state index in [1.807, 2.05) is 30.3 Å². The van der Waals surface area contributed by atoms with Crippen LogP contribution < -0.4 is 4.74 Å². The summed E-state index contributed by atoms with van der Waals surface area (Å²) in [6.45, 7) is 5.80. The summed E-state index contributed by atoms with van der Waals surface area (Å²) in [5, 5.41) is 0.331. The predicted molar refractivity (Wildman–Crippen MR) is 161 cm³/mol. The van der Waals surface area contributed by atoms with Gasteiger partial charge in [0, 0.05) is 37.2 Å². The summed E-state index contributed by atoms with van der Waals surface area (Å²) in [4.78, 5) is 19.7. The van der Waals surface area contributed by atoms with Gasteiger partial charge in [0.15, 0.2) is 0 Å². The molecule has 0 N–H and O–H groups in total. The number of fused-ring (bicyclic) bond motifs is 3. The summed E-state index contributed by atoms with van der Waals surface area (Å²) in [6, 6.07) is 18.1. The van der Waals surface area contributed by atoms with Crippen LogP contribution in [0.25, 0.3) is 11.0 Å². The number of para-hydroxylation sites is 1. The van der Waals surface area contributed by atoms with Crippen molar-refractivity contribution in [3.8, 4) is 5.75 Å². The smallest absolute Gasteiger partial charge is 0.337 e. The number of carbonyl (C=O) groups is 1. The summed E-state index contributed by atoms with van der Waals surface area (Å²) < 4.78 is 41.0. The number of aromatic nitrogens is 2. The van der Waals surface area contributed by atoms with Gasteiger partial charge in [0.1, 0.15) is 17.4 Å². The summed E-state index contributed by atoms with van der Waals surface area (Å²) in [7, 11) is 1.39. The molecule has 0 radical (unpaired) electrons. The molecular formula is C34H33ClFN3O5. The number of halogens is 2. The first-order valence-corrected chi connectivity index (χ1v) is 15.5. The lowest BCUT2D eigenvalue weighted by Gasteiger charge is -2.41. The number of carbonyl (C=O) groups excluding carboxylic acids is 1. The van der Waals surface area contributed by atoms with Crippen LogP contribution >= 0.6 is 11.6 Å². The SMILES string of the molecule is COC(=O)c1ccc2nc(CN3CC4C(C3)C4C3OC(C)(c4ccc(Cl)cc4F)Oc4ccccc43)n(C[C@@H]3CCO3)c2c1. The lowest BCUT2D eigenvalue weighted by Crippen LogP contribution is -2.40. The summed E-state index contributed by atoms with van der Waals surface area (Å²) in [5.74, 6) is 0.799. The van der Waals surface area contributed by atoms with E-state index in [1.165, 1.54) is 13.2 Å². The fourth-order valence-electron chi connectivity index (χ4n) is 7.42. The molecule has 4 aromatic rings. The summed E-state index contributed by atoms with van der Waals surface area (Å²) in [5.41, 5.74) is 3.62. The molecule has 0 spiro atoms. The van der Waals surface area contributed by atoms with Crippen molar-refractivity contribution in [2.24, 2.45) is 17.8 Å². The molecule has 8 rings (SSSR count). The number of benzene rings is 3. The van der Waals surface area contributed by atoms with E-state index >= 15 is 4.39 Å². The van der Waals surface area contributed by atoms with Crippen molar-refractivity contribution >= 4 is 28.6 Å². The highest BCUT2D eigenvalue weighted by Gasteiger charge is 2.62. The van der Waals surface area contributed by atoms with Crippen LogP contribution in [-0.2, 0) is 33.1 Å². The molecule has 3 aromatic carbocycles. The van der Waals surface area contributed by atoms with Gasteiger partial charge in [-0.3, -0.25) is 4.90 Å². The maximum atomic E-state index is 15.1. The van der Waals surface area contributed by atoms with Crippen LogP contribution in [0.5, 0.6) is 5.75 Å². The maximum absolute atomic E-state index is 15.1. The van der Waals surface area contributed by atoms with E-state index in [-0.39, 0.29) is 18.2 Å². The van der Waals surface area contributed by atoms with Crippen molar-refractivity contribution in [2.75, 3.05) is 26.8 Å². The van der Waals surface area contributed by atoms with Crippen LogP contribution in [0.1, 0.15) is 46.8 Å². The van der Waals surface area contributed by atoms with Crippen LogP contribution in [0.3, 0.4) is 0 Å². The molecule has 4 heterocycles. The van der Waals surface area contributed by atoms with Gasteiger partial charge in [0.05, 0.1) is 54.6 Å². The van der Waals surface area contributed by atoms with Gasteiger partial charge in [-0.15, -0.1) is 0 Å². The molecule has 44 heavy (non-hydrogen) atoms. The minimum atomic E-state index is -1.28. The first kappa shape index (κ1) is 28.0. The standard InChI is InChI=1S/C34H33ClFN3O5/c1-34(25-9-8-20(35)14-26(25)36)43-29-6-4-3-5-22(29)32(44-34)31-23-16-38(17-24(23)31)18-30-37-27-10-7-19(33(40)41-2)13-28(27)39(30)15-21-11-12-42-21/h3-10,13-14,21,23-24,31-32H,11-12,15-18H2,1-2H3/t21-,23?,24?,31?,32?,34?/m0/s1. The average Bonchev–Trinajstić information content (AvgIpc) is 3.30. The number of nitrogens with zero attached hydrogens (tertiary/aromatic N) is 3. The van der Waals surface area contributed by atoms with Gasteiger partial charge in [-0.05, 0) is 66.6 Å². The number of hydrogen-bond acceptors (Lipinski definition) is 7. The Kier molecular flexibility index (Phi) is 6.71. The molecule has 2 saturated heterocycles. The van der Waals surface area contributed by atoms with Gasteiger partial charge < -0.3 is 23.5 Å². The lowest BCUT2D eigenvalue weighted by atomic mass is 9.96. The molecule has 8 nitrogen and oxygen atoms in total. The van der Waals surface area contributed by atoms with Crippen molar-refractivity contribution < 1.29 is 28.1 Å². The number of rotatable bonds is 7. The van der Waals surface area contributed by atoms with Gasteiger partial charge in [-0.2, -0.15) is 0 Å². The van der Waals surface area contributed by atoms with Crippen LogP contribution in [0.4, 0.5) is 4.39 Å². The molecule has 10 heteroatoms. The Morgan fingerprint density at radius 1 is 1.14 bits per heavy atom. The third-order valence-corrected chi connectivity index (χ3v) is 10.0. The van der Waals surface area contributed by atoms with Crippen molar-refractivity contribution in [1.29, 1.82) is 0 Å². The quantitative estimate of drug-likeness (QED) is 0.232.